The van der Waals surface area contributed by atoms with Gasteiger partial charge in [0.15, 0.2) is 0 Å². The highest BCUT2D eigenvalue weighted by Gasteiger charge is 2.39. The molecule has 1 aliphatic rings. The molecule has 2 N–H and O–H groups in total. The molecule has 0 saturated heterocycles. The van der Waals surface area contributed by atoms with Crippen molar-refractivity contribution in [2.24, 2.45) is 5.41 Å². The van der Waals surface area contributed by atoms with Crippen molar-refractivity contribution in [2.45, 2.75) is 64.7 Å². The van der Waals surface area contributed by atoms with Gasteiger partial charge in [-0.3, -0.25) is 9.59 Å². The van der Waals surface area contributed by atoms with Crippen LogP contribution in [0.5, 0.6) is 0 Å². The quantitative estimate of drug-likeness (QED) is 0.793. The van der Waals surface area contributed by atoms with Crippen LogP contribution in [0.2, 0.25) is 0 Å². The molecule has 0 aromatic heterocycles. The zero-order valence-electron chi connectivity index (χ0n) is 11.3. The van der Waals surface area contributed by atoms with E-state index in [0.717, 1.165) is 32.1 Å². The molecule has 0 unspecified atom stereocenters. The van der Waals surface area contributed by atoms with Crippen LogP contribution in [-0.4, -0.2) is 23.5 Å². The Morgan fingerprint density at radius 1 is 1.11 bits per heavy atom. The summed E-state index contributed by atoms with van der Waals surface area (Å²) in [5.41, 5.74) is -0.821. The van der Waals surface area contributed by atoms with Crippen LogP contribution in [0.1, 0.15) is 64.7 Å². The van der Waals surface area contributed by atoms with Crippen molar-refractivity contribution in [2.75, 3.05) is 6.54 Å². The average Bonchev–Trinajstić information content (AvgIpc) is 2.29. The van der Waals surface area contributed by atoms with E-state index in [0.29, 0.717) is 19.4 Å². The van der Waals surface area contributed by atoms with Gasteiger partial charge < -0.3 is 10.4 Å². The third kappa shape index (κ3) is 4.31. The van der Waals surface area contributed by atoms with Gasteiger partial charge in [0.2, 0.25) is 5.91 Å². The van der Waals surface area contributed by atoms with E-state index in [-0.39, 0.29) is 12.3 Å². The van der Waals surface area contributed by atoms with Crippen LogP contribution < -0.4 is 5.32 Å². The van der Waals surface area contributed by atoms with E-state index in [9.17, 15) is 14.7 Å². The van der Waals surface area contributed by atoms with E-state index >= 15 is 0 Å². The summed E-state index contributed by atoms with van der Waals surface area (Å²) in [5.74, 6) is -0.907. The first-order valence-electron chi connectivity index (χ1n) is 7.11. The zero-order chi connectivity index (χ0) is 13.4. The Hall–Kier alpha value is -1.06. The van der Waals surface area contributed by atoms with E-state index in [1.54, 1.807) is 0 Å². The summed E-state index contributed by atoms with van der Waals surface area (Å²) in [5, 5.41) is 12.3. The van der Waals surface area contributed by atoms with E-state index in [1.807, 2.05) is 6.92 Å². The number of carboxylic acids is 1. The molecule has 104 valence electrons. The van der Waals surface area contributed by atoms with Crippen molar-refractivity contribution in [1.82, 2.24) is 5.32 Å². The largest absolute Gasteiger partial charge is 0.481 e. The number of carbonyl (C=O) groups is 2. The summed E-state index contributed by atoms with van der Waals surface area (Å²) in [6, 6.07) is 0. The third-order valence-electron chi connectivity index (χ3n) is 3.84. The summed E-state index contributed by atoms with van der Waals surface area (Å²) < 4.78 is 0. The molecule has 0 bridgehead atoms. The predicted molar refractivity (Wildman–Crippen MR) is 70.3 cm³/mol. The van der Waals surface area contributed by atoms with Crippen molar-refractivity contribution in [3.05, 3.63) is 0 Å². The van der Waals surface area contributed by atoms with Gasteiger partial charge in [-0.05, 0) is 19.3 Å². The van der Waals surface area contributed by atoms with Gasteiger partial charge in [0.05, 0.1) is 5.41 Å². The number of amides is 1. The monoisotopic (exact) mass is 255 g/mol. The number of rotatable bonds is 5. The highest BCUT2D eigenvalue weighted by molar-refractivity contribution is 5.84. The third-order valence-corrected chi connectivity index (χ3v) is 3.84. The van der Waals surface area contributed by atoms with E-state index < -0.39 is 11.4 Å². The first-order chi connectivity index (χ1) is 8.60. The van der Waals surface area contributed by atoms with Gasteiger partial charge in [-0.1, -0.05) is 39.0 Å². The highest BCUT2D eigenvalue weighted by atomic mass is 16.4. The SMILES string of the molecule is CCCNC(=O)CC1(C(=O)O)CCCCCCC1. The standard InChI is InChI=1S/C14H25NO3/c1-2-10-15-12(16)11-14(13(17)18)8-6-4-3-5-7-9-14/h2-11H2,1H3,(H,15,16)(H,17,18). The Morgan fingerprint density at radius 2 is 1.67 bits per heavy atom. The smallest absolute Gasteiger partial charge is 0.310 e. The number of carbonyl (C=O) groups excluding carboxylic acids is 1. The Labute approximate surface area is 109 Å². The lowest BCUT2D eigenvalue weighted by Gasteiger charge is -2.30. The molecule has 0 aromatic rings. The van der Waals surface area contributed by atoms with Crippen LogP contribution in [0.15, 0.2) is 0 Å². The Morgan fingerprint density at radius 3 is 2.17 bits per heavy atom. The lowest BCUT2D eigenvalue weighted by Crippen LogP contribution is -2.38. The van der Waals surface area contributed by atoms with Gasteiger partial charge in [-0.2, -0.15) is 0 Å². The maximum absolute atomic E-state index is 11.8. The van der Waals surface area contributed by atoms with Crippen molar-refractivity contribution in [1.29, 1.82) is 0 Å². The average molecular weight is 255 g/mol. The van der Waals surface area contributed by atoms with Crippen LogP contribution in [0, 0.1) is 5.41 Å². The topological polar surface area (TPSA) is 66.4 Å². The van der Waals surface area contributed by atoms with Gasteiger partial charge in [-0.25, -0.2) is 0 Å². The zero-order valence-corrected chi connectivity index (χ0v) is 11.3. The number of hydrogen-bond donors (Lipinski definition) is 2. The van der Waals surface area contributed by atoms with Crippen molar-refractivity contribution < 1.29 is 14.7 Å². The molecule has 1 saturated carbocycles. The molecule has 4 heteroatoms. The Balaban J connectivity index is 2.65. The molecule has 0 atom stereocenters. The number of hydrogen-bond acceptors (Lipinski definition) is 2. The molecule has 1 fully saturated rings. The van der Waals surface area contributed by atoms with Crippen molar-refractivity contribution in [3.8, 4) is 0 Å². The van der Waals surface area contributed by atoms with Crippen LogP contribution in [-0.2, 0) is 9.59 Å². The van der Waals surface area contributed by atoms with E-state index in [2.05, 4.69) is 5.32 Å². The molecular weight excluding hydrogens is 230 g/mol. The lowest BCUT2D eigenvalue weighted by molar-refractivity contribution is -0.153. The number of nitrogens with one attached hydrogen (secondary N) is 1. The summed E-state index contributed by atoms with van der Waals surface area (Å²) in [6.45, 7) is 2.62. The maximum Gasteiger partial charge on any atom is 0.310 e. The number of carboxylic acid groups (broad SMARTS) is 1. The molecule has 18 heavy (non-hydrogen) atoms. The van der Waals surface area contributed by atoms with Gasteiger partial charge >= 0.3 is 5.97 Å². The summed E-state index contributed by atoms with van der Waals surface area (Å²) in [6.07, 6.45) is 7.52. The van der Waals surface area contributed by atoms with Gasteiger partial charge in [0.25, 0.3) is 0 Å². The second-order valence-electron chi connectivity index (χ2n) is 5.38. The van der Waals surface area contributed by atoms with Crippen LogP contribution >= 0.6 is 0 Å². The van der Waals surface area contributed by atoms with Crippen molar-refractivity contribution in [3.63, 3.8) is 0 Å². The van der Waals surface area contributed by atoms with E-state index in [1.165, 1.54) is 6.42 Å². The molecule has 0 heterocycles. The first-order valence-corrected chi connectivity index (χ1v) is 7.11. The molecular formula is C14H25NO3. The van der Waals surface area contributed by atoms with Gasteiger partial charge in [0.1, 0.15) is 0 Å². The minimum atomic E-state index is -0.821. The molecule has 4 nitrogen and oxygen atoms in total. The minimum absolute atomic E-state index is 0.111. The normalized spacial score (nSPS) is 19.6. The van der Waals surface area contributed by atoms with Crippen LogP contribution in [0.4, 0.5) is 0 Å². The molecule has 0 aliphatic heterocycles. The fourth-order valence-electron chi connectivity index (χ4n) is 2.68. The molecule has 0 spiro atoms. The van der Waals surface area contributed by atoms with Gasteiger partial charge in [0, 0.05) is 13.0 Å². The van der Waals surface area contributed by atoms with Crippen LogP contribution in [0.3, 0.4) is 0 Å². The summed E-state index contributed by atoms with van der Waals surface area (Å²) in [4.78, 5) is 23.4. The Bertz CT molecular complexity index is 281. The molecule has 0 radical (unpaired) electrons. The highest BCUT2D eigenvalue weighted by Crippen LogP contribution is 2.37. The Kier molecular flexibility index (Phi) is 6.16. The number of aliphatic carboxylic acids is 1. The maximum atomic E-state index is 11.8. The minimum Gasteiger partial charge on any atom is -0.481 e. The summed E-state index contributed by atoms with van der Waals surface area (Å²) >= 11 is 0. The predicted octanol–water partition coefficient (Wildman–Crippen LogP) is 2.72. The van der Waals surface area contributed by atoms with Crippen molar-refractivity contribution >= 4 is 11.9 Å². The van der Waals surface area contributed by atoms with Crippen LogP contribution in [0.25, 0.3) is 0 Å². The molecule has 1 amide bonds. The second kappa shape index (κ2) is 7.39. The fraction of sp³-hybridized carbons (Fsp3) is 0.857. The summed E-state index contributed by atoms with van der Waals surface area (Å²) in [7, 11) is 0. The van der Waals surface area contributed by atoms with E-state index in [4.69, 9.17) is 0 Å². The lowest BCUT2D eigenvalue weighted by atomic mass is 9.73. The fourth-order valence-corrected chi connectivity index (χ4v) is 2.68. The molecule has 1 rings (SSSR count). The first kappa shape index (κ1) is 15.0. The second-order valence-corrected chi connectivity index (χ2v) is 5.38. The molecule has 0 aromatic carbocycles. The van der Waals surface area contributed by atoms with Gasteiger partial charge in [-0.15, -0.1) is 0 Å². The molecule has 1 aliphatic carbocycles.